The average molecular weight is 1350 g/mol. The summed E-state index contributed by atoms with van der Waals surface area (Å²) in [7, 11) is -4.39. The van der Waals surface area contributed by atoms with Crippen LogP contribution < -0.4 is 5.73 Å². The van der Waals surface area contributed by atoms with Crippen molar-refractivity contribution in [3.05, 3.63) is 12.2 Å². The fraction of sp³-hybridized carbons (Fsp3) is 0.952. The van der Waals surface area contributed by atoms with Crippen LogP contribution in [0.2, 0.25) is 0 Å². The standard InChI is InChI=1S/C84H166NO8P/c1-3-5-7-9-11-13-15-17-19-21-23-25-27-29-31-33-35-37-39-41-43-45-47-49-51-53-55-57-59-61-63-65-67-69-71-73-75-77-84(87)93-82(81-92-94(88,89)91-79-78-85)80-90-83(86)76-74-72-70-68-66-64-62-60-58-56-54-52-50-48-46-44-42-40-38-36-34-32-30-28-26-24-22-20-18-16-14-12-10-8-6-4-2/h21,23,82H,3-20,22,24-81,85H2,1-2H3,(H,88,89)/b23-21-. The summed E-state index contributed by atoms with van der Waals surface area (Å²) in [6.07, 6.45) is 101. The molecule has 2 atom stereocenters. The van der Waals surface area contributed by atoms with Gasteiger partial charge in [-0.05, 0) is 38.5 Å². The first kappa shape index (κ1) is 92.8. The molecule has 10 heteroatoms. The molecule has 0 fully saturated rings. The number of nitrogens with two attached hydrogens (primary N) is 1. The van der Waals surface area contributed by atoms with Gasteiger partial charge >= 0.3 is 19.8 Å². The van der Waals surface area contributed by atoms with Gasteiger partial charge in [0.05, 0.1) is 13.2 Å². The van der Waals surface area contributed by atoms with E-state index in [0.717, 1.165) is 32.1 Å². The van der Waals surface area contributed by atoms with E-state index in [4.69, 9.17) is 24.3 Å². The van der Waals surface area contributed by atoms with E-state index >= 15 is 0 Å². The summed E-state index contributed by atoms with van der Waals surface area (Å²) >= 11 is 0. The van der Waals surface area contributed by atoms with E-state index in [2.05, 4.69) is 26.0 Å². The molecule has 0 rings (SSSR count). The lowest BCUT2D eigenvalue weighted by Gasteiger charge is -2.19. The van der Waals surface area contributed by atoms with Crippen molar-refractivity contribution in [3.63, 3.8) is 0 Å². The molecule has 0 amide bonds. The number of esters is 2. The van der Waals surface area contributed by atoms with Crippen molar-refractivity contribution in [1.29, 1.82) is 0 Å². The van der Waals surface area contributed by atoms with Gasteiger partial charge in [-0.1, -0.05) is 443 Å². The van der Waals surface area contributed by atoms with Crippen molar-refractivity contribution in [1.82, 2.24) is 0 Å². The third kappa shape index (κ3) is 79.7. The Morgan fingerprint density at radius 2 is 0.521 bits per heavy atom. The maximum absolute atomic E-state index is 12.8. The molecule has 0 saturated heterocycles. The van der Waals surface area contributed by atoms with Gasteiger partial charge in [0.1, 0.15) is 6.61 Å². The Morgan fingerprint density at radius 1 is 0.309 bits per heavy atom. The van der Waals surface area contributed by atoms with Gasteiger partial charge in [-0.3, -0.25) is 18.6 Å². The second-order valence-electron chi connectivity index (χ2n) is 29.4. The molecule has 0 saturated carbocycles. The average Bonchev–Trinajstić information content (AvgIpc) is 3.18. The molecule has 2 unspecified atom stereocenters. The quantitative estimate of drug-likeness (QED) is 0.0264. The maximum Gasteiger partial charge on any atom is 0.472 e. The Hall–Kier alpha value is -1.25. The smallest absolute Gasteiger partial charge is 0.462 e. The molecule has 0 heterocycles. The molecule has 0 aromatic heterocycles. The monoisotopic (exact) mass is 1350 g/mol. The van der Waals surface area contributed by atoms with Crippen molar-refractivity contribution in [3.8, 4) is 0 Å². The van der Waals surface area contributed by atoms with E-state index in [1.54, 1.807) is 0 Å². The highest BCUT2D eigenvalue weighted by atomic mass is 31.2. The number of phosphoric ester groups is 1. The van der Waals surface area contributed by atoms with Crippen LogP contribution in [0.5, 0.6) is 0 Å². The van der Waals surface area contributed by atoms with Crippen LogP contribution in [-0.2, 0) is 32.7 Å². The fourth-order valence-electron chi connectivity index (χ4n) is 13.6. The van der Waals surface area contributed by atoms with E-state index in [0.29, 0.717) is 6.42 Å². The van der Waals surface area contributed by atoms with Gasteiger partial charge in [-0.25, -0.2) is 4.57 Å². The molecule has 0 aliphatic rings. The number of allylic oxidation sites excluding steroid dienone is 2. The number of rotatable bonds is 83. The van der Waals surface area contributed by atoms with Crippen LogP contribution in [0.4, 0.5) is 0 Å². The highest BCUT2D eigenvalue weighted by Gasteiger charge is 2.26. The molecule has 0 radical (unpaired) electrons. The Morgan fingerprint density at radius 3 is 0.755 bits per heavy atom. The number of phosphoric acid groups is 1. The van der Waals surface area contributed by atoms with Crippen molar-refractivity contribution in [2.24, 2.45) is 5.73 Å². The fourth-order valence-corrected chi connectivity index (χ4v) is 14.3. The van der Waals surface area contributed by atoms with Crippen LogP contribution in [0, 0.1) is 0 Å². The lowest BCUT2D eigenvalue weighted by atomic mass is 10.0. The second-order valence-corrected chi connectivity index (χ2v) is 30.9. The summed E-state index contributed by atoms with van der Waals surface area (Å²) in [6, 6.07) is 0. The molecule has 560 valence electrons. The summed E-state index contributed by atoms with van der Waals surface area (Å²) < 4.78 is 33.3. The number of carbonyl (C=O) groups is 2. The minimum absolute atomic E-state index is 0.0583. The second kappa shape index (κ2) is 80.7. The zero-order chi connectivity index (χ0) is 67.9. The van der Waals surface area contributed by atoms with E-state index in [1.807, 2.05) is 0 Å². The summed E-state index contributed by atoms with van der Waals surface area (Å²) in [5.74, 6) is -0.795. The van der Waals surface area contributed by atoms with Crippen LogP contribution in [0.15, 0.2) is 12.2 Å². The van der Waals surface area contributed by atoms with Gasteiger partial charge in [0.15, 0.2) is 6.10 Å². The largest absolute Gasteiger partial charge is 0.472 e. The van der Waals surface area contributed by atoms with Crippen LogP contribution >= 0.6 is 7.82 Å². The molecule has 0 aliphatic heterocycles. The Kier molecular flexibility index (Phi) is 79.6. The first-order valence-electron chi connectivity index (χ1n) is 42.7. The molecular formula is C84H166NO8P. The minimum atomic E-state index is -4.39. The molecule has 0 aliphatic carbocycles. The lowest BCUT2D eigenvalue weighted by molar-refractivity contribution is -0.161. The predicted octanol–water partition coefficient (Wildman–Crippen LogP) is 28.6. The topological polar surface area (TPSA) is 134 Å². The van der Waals surface area contributed by atoms with Gasteiger partial charge < -0.3 is 20.1 Å². The molecule has 3 N–H and O–H groups in total. The van der Waals surface area contributed by atoms with Crippen molar-refractivity contribution >= 4 is 19.8 Å². The molecule has 0 bridgehead atoms. The Labute approximate surface area is 587 Å². The molecule has 9 nitrogen and oxygen atoms in total. The number of unbranched alkanes of at least 4 members (excludes halogenated alkanes) is 68. The minimum Gasteiger partial charge on any atom is -0.462 e. The van der Waals surface area contributed by atoms with E-state index in [1.165, 1.54) is 417 Å². The zero-order valence-corrected chi connectivity index (χ0v) is 64.4. The molecule has 0 spiro atoms. The number of hydrogen-bond donors (Lipinski definition) is 2. The SMILES string of the molecule is CCCCCCCCCC/C=C\CCCCCCCCCCCCCCCCCCCCCCCCCCCC(=O)OC(COC(=O)CCCCCCCCCCCCCCCCCCCCCCCCCCCCCCCCCCCCCC)COP(=O)(O)OCCN. The molecule has 94 heavy (non-hydrogen) atoms. The highest BCUT2D eigenvalue weighted by Crippen LogP contribution is 2.43. The van der Waals surface area contributed by atoms with Gasteiger partial charge in [-0.2, -0.15) is 0 Å². The van der Waals surface area contributed by atoms with Crippen LogP contribution in [0.1, 0.15) is 483 Å². The van der Waals surface area contributed by atoms with E-state index in [-0.39, 0.29) is 38.6 Å². The normalized spacial score (nSPS) is 12.8. The highest BCUT2D eigenvalue weighted by molar-refractivity contribution is 7.47. The third-order valence-electron chi connectivity index (χ3n) is 19.9. The first-order chi connectivity index (χ1) is 46.3. The van der Waals surface area contributed by atoms with Gasteiger partial charge in [0.25, 0.3) is 0 Å². The van der Waals surface area contributed by atoms with Crippen LogP contribution in [-0.4, -0.2) is 49.3 Å². The first-order valence-corrected chi connectivity index (χ1v) is 44.2. The summed E-state index contributed by atoms with van der Waals surface area (Å²) in [5.41, 5.74) is 5.42. The van der Waals surface area contributed by atoms with Crippen LogP contribution in [0.25, 0.3) is 0 Å². The number of carbonyl (C=O) groups excluding carboxylic acids is 2. The van der Waals surface area contributed by atoms with Crippen molar-refractivity contribution < 1.29 is 37.6 Å². The van der Waals surface area contributed by atoms with Crippen LogP contribution in [0.3, 0.4) is 0 Å². The Balaban J connectivity index is 3.70. The van der Waals surface area contributed by atoms with Crippen molar-refractivity contribution in [2.75, 3.05) is 26.4 Å². The lowest BCUT2D eigenvalue weighted by Crippen LogP contribution is -2.29. The van der Waals surface area contributed by atoms with Crippen molar-refractivity contribution in [2.45, 2.75) is 489 Å². The number of hydrogen-bond acceptors (Lipinski definition) is 8. The van der Waals surface area contributed by atoms with E-state index < -0.39 is 26.5 Å². The summed E-state index contributed by atoms with van der Waals surface area (Å²) in [4.78, 5) is 35.5. The third-order valence-corrected chi connectivity index (χ3v) is 20.9. The zero-order valence-electron chi connectivity index (χ0n) is 63.5. The molecule has 0 aromatic rings. The summed E-state index contributed by atoms with van der Waals surface area (Å²) in [5, 5.41) is 0. The molecule has 0 aromatic carbocycles. The van der Waals surface area contributed by atoms with Gasteiger partial charge in [0.2, 0.25) is 0 Å². The van der Waals surface area contributed by atoms with Gasteiger partial charge in [-0.15, -0.1) is 0 Å². The number of ether oxygens (including phenoxy) is 2. The predicted molar refractivity (Wildman–Crippen MR) is 409 cm³/mol. The maximum atomic E-state index is 12.8. The summed E-state index contributed by atoms with van der Waals surface area (Å²) in [6.45, 7) is 3.85. The van der Waals surface area contributed by atoms with Gasteiger partial charge in [0, 0.05) is 19.4 Å². The Bertz CT molecular complexity index is 1550. The molecular weight excluding hydrogens is 1180 g/mol. The van der Waals surface area contributed by atoms with E-state index in [9.17, 15) is 19.0 Å².